The largest absolute Gasteiger partial charge is 0.385 e. The van der Waals surface area contributed by atoms with Gasteiger partial charge in [0.1, 0.15) is 0 Å². The number of carbonyl (C=O) groups is 1. The van der Waals surface area contributed by atoms with E-state index in [0.717, 1.165) is 44.1 Å². The summed E-state index contributed by atoms with van der Waals surface area (Å²) in [4.78, 5) is 13.1. The van der Waals surface area contributed by atoms with Gasteiger partial charge in [0, 0.05) is 20.3 Å². The Morgan fingerprint density at radius 1 is 1.17 bits per heavy atom. The van der Waals surface area contributed by atoms with Crippen LogP contribution in [0.15, 0.2) is 30.3 Å². The first-order valence-corrected chi connectivity index (χ1v) is 9.49. The number of benzene rings is 1. The fourth-order valence-corrected chi connectivity index (χ4v) is 6.26. The molecule has 1 aromatic rings. The van der Waals surface area contributed by atoms with Crippen molar-refractivity contribution in [1.29, 1.82) is 0 Å². The first-order valence-electron chi connectivity index (χ1n) is 9.49. The lowest BCUT2D eigenvalue weighted by atomic mass is 9.42. The molecule has 0 aromatic heterocycles. The second kappa shape index (κ2) is 6.18. The van der Waals surface area contributed by atoms with E-state index in [1.54, 1.807) is 7.11 Å². The highest BCUT2D eigenvalue weighted by molar-refractivity contribution is 5.83. The highest BCUT2D eigenvalue weighted by atomic mass is 16.5. The molecule has 5 rings (SSSR count). The Labute approximate surface area is 145 Å². The zero-order valence-electron chi connectivity index (χ0n) is 14.7. The van der Waals surface area contributed by atoms with Crippen LogP contribution >= 0.6 is 0 Å². The third-order valence-electron chi connectivity index (χ3n) is 6.74. The zero-order valence-corrected chi connectivity index (χ0v) is 14.7. The van der Waals surface area contributed by atoms with Crippen molar-refractivity contribution in [3.05, 3.63) is 35.9 Å². The van der Waals surface area contributed by atoms with Crippen LogP contribution < -0.4 is 5.32 Å². The Morgan fingerprint density at radius 3 is 2.54 bits per heavy atom. The predicted molar refractivity (Wildman–Crippen MR) is 94.7 cm³/mol. The maximum atomic E-state index is 13.1. The Bertz CT molecular complexity index is 583. The van der Waals surface area contributed by atoms with E-state index in [9.17, 15) is 4.79 Å². The summed E-state index contributed by atoms with van der Waals surface area (Å²) in [6, 6.07) is 11.0. The van der Waals surface area contributed by atoms with Crippen LogP contribution in [0.1, 0.15) is 50.5 Å². The summed E-state index contributed by atoms with van der Waals surface area (Å²) in [7, 11) is 1.71. The summed E-state index contributed by atoms with van der Waals surface area (Å²) in [5.74, 6) is 1.78. The molecule has 1 aromatic carbocycles. The maximum Gasteiger partial charge on any atom is 0.226 e. The van der Waals surface area contributed by atoms with E-state index in [1.807, 2.05) is 0 Å². The van der Waals surface area contributed by atoms with Crippen LogP contribution in [-0.4, -0.2) is 26.2 Å². The molecule has 3 nitrogen and oxygen atoms in total. The number of hydrogen-bond donors (Lipinski definition) is 1. The normalized spacial score (nSPS) is 36.7. The molecule has 1 amide bonds. The molecule has 24 heavy (non-hydrogen) atoms. The Hall–Kier alpha value is -1.35. The molecular formula is C21H29NO2. The number of amides is 1. The average Bonchev–Trinajstić information content (AvgIpc) is 2.58. The number of hydrogen-bond acceptors (Lipinski definition) is 2. The molecule has 0 radical (unpaired) electrons. The quantitative estimate of drug-likeness (QED) is 0.810. The maximum absolute atomic E-state index is 13.1. The second-order valence-corrected chi connectivity index (χ2v) is 8.49. The molecule has 0 saturated heterocycles. The fraction of sp³-hybridized carbons (Fsp3) is 0.667. The van der Waals surface area contributed by atoms with Crippen molar-refractivity contribution in [2.45, 2.75) is 50.4 Å². The zero-order chi connectivity index (χ0) is 16.6. The van der Waals surface area contributed by atoms with Gasteiger partial charge in [0.25, 0.3) is 0 Å². The first kappa shape index (κ1) is 16.1. The number of rotatable bonds is 6. The SMILES string of the molecule is COCCCNC(=O)C12C[C@@H]3C[C@@H](C1)CC(c1ccccc1)(C3)C2. The van der Waals surface area contributed by atoms with Crippen LogP contribution in [0.3, 0.4) is 0 Å². The van der Waals surface area contributed by atoms with Gasteiger partial charge in [-0.3, -0.25) is 4.79 Å². The van der Waals surface area contributed by atoms with Gasteiger partial charge in [0.15, 0.2) is 0 Å². The van der Waals surface area contributed by atoms with Gasteiger partial charge in [-0.1, -0.05) is 30.3 Å². The van der Waals surface area contributed by atoms with Crippen molar-refractivity contribution in [1.82, 2.24) is 5.32 Å². The molecule has 2 atom stereocenters. The Balaban J connectivity index is 1.56. The van der Waals surface area contributed by atoms with E-state index in [0.29, 0.717) is 12.5 Å². The fourth-order valence-electron chi connectivity index (χ4n) is 6.26. The van der Waals surface area contributed by atoms with Crippen molar-refractivity contribution >= 4 is 5.91 Å². The highest BCUT2D eigenvalue weighted by Crippen LogP contribution is 2.65. The van der Waals surface area contributed by atoms with Gasteiger partial charge in [-0.25, -0.2) is 0 Å². The summed E-state index contributed by atoms with van der Waals surface area (Å²) in [5, 5.41) is 3.22. The average molecular weight is 327 g/mol. The van der Waals surface area contributed by atoms with Gasteiger partial charge in [0.2, 0.25) is 5.91 Å². The molecule has 4 bridgehead atoms. The molecule has 3 heteroatoms. The van der Waals surface area contributed by atoms with E-state index in [1.165, 1.54) is 24.8 Å². The van der Waals surface area contributed by atoms with Crippen LogP contribution in [0.5, 0.6) is 0 Å². The minimum atomic E-state index is -0.118. The van der Waals surface area contributed by atoms with E-state index in [4.69, 9.17) is 4.74 Å². The lowest BCUT2D eigenvalue weighted by molar-refractivity contribution is -0.149. The summed E-state index contributed by atoms with van der Waals surface area (Å²) >= 11 is 0. The van der Waals surface area contributed by atoms with Gasteiger partial charge in [-0.15, -0.1) is 0 Å². The molecule has 0 spiro atoms. The van der Waals surface area contributed by atoms with Crippen LogP contribution in [0, 0.1) is 17.3 Å². The second-order valence-electron chi connectivity index (χ2n) is 8.49. The molecule has 0 unspecified atom stereocenters. The van der Waals surface area contributed by atoms with Crippen molar-refractivity contribution in [2.75, 3.05) is 20.3 Å². The monoisotopic (exact) mass is 327 g/mol. The first-order chi connectivity index (χ1) is 11.7. The summed E-state index contributed by atoms with van der Waals surface area (Å²) < 4.78 is 5.10. The highest BCUT2D eigenvalue weighted by Gasteiger charge is 2.60. The van der Waals surface area contributed by atoms with E-state index in [2.05, 4.69) is 35.6 Å². The standard InChI is InChI=1S/C21H29NO2/c1-24-9-5-8-22-19(23)21-13-16-10-17(14-21)12-20(11-16,15-21)18-6-3-2-4-7-18/h2-4,6-7,16-17H,5,8-15H2,1H3,(H,22,23)/t16-,17-,20?,21?/m1/s1. The van der Waals surface area contributed by atoms with Crippen molar-refractivity contribution in [3.63, 3.8) is 0 Å². The topological polar surface area (TPSA) is 38.3 Å². The number of ether oxygens (including phenoxy) is 1. The smallest absolute Gasteiger partial charge is 0.226 e. The van der Waals surface area contributed by atoms with Crippen LogP contribution in [0.25, 0.3) is 0 Å². The lowest BCUT2D eigenvalue weighted by Crippen LogP contribution is -2.59. The van der Waals surface area contributed by atoms with Gasteiger partial charge in [-0.05, 0) is 67.8 Å². The van der Waals surface area contributed by atoms with Crippen molar-refractivity contribution in [3.8, 4) is 0 Å². The summed E-state index contributed by atoms with van der Waals surface area (Å²) in [6.45, 7) is 1.45. The Morgan fingerprint density at radius 2 is 1.88 bits per heavy atom. The molecule has 4 aliphatic rings. The van der Waals surface area contributed by atoms with Gasteiger partial charge in [-0.2, -0.15) is 0 Å². The van der Waals surface area contributed by atoms with Crippen molar-refractivity contribution < 1.29 is 9.53 Å². The van der Waals surface area contributed by atoms with Gasteiger partial charge >= 0.3 is 0 Å². The minimum absolute atomic E-state index is 0.118. The molecular weight excluding hydrogens is 298 g/mol. The summed E-state index contributed by atoms with van der Waals surface area (Å²) in [5.41, 5.74) is 1.60. The van der Waals surface area contributed by atoms with E-state index >= 15 is 0 Å². The summed E-state index contributed by atoms with van der Waals surface area (Å²) in [6.07, 6.45) is 8.07. The molecule has 4 saturated carbocycles. The molecule has 0 heterocycles. The predicted octanol–water partition coefficient (Wildman–Crippen LogP) is 3.68. The third kappa shape index (κ3) is 2.67. The lowest BCUT2D eigenvalue weighted by Gasteiger charge is -2.61. The molecule has 130 valence electrons. The molecule has 0 aliphatic heterocycles. The third-order valence-corrected chi connectivity index (χ3v) is 6.74. The van der Waals surface area contributed by atoms with Crippen molar-refractivity contribution in [2.24, 2.45) is 17.3 Å². The van der Waals surface area contributed by atoms with Crippen LogP contribution in [-0.2, 0) is 14.9 Å². The molecule has 4 fully saturated rings. The van der Waals surface area contributed by atoms with Gasteiger partial charge in [0.05, 0.1) is 5.41 Å². The number of nitrogens with one attached hydrogen (secondary N) is 1. The minimum Gasteiger partial charge on any atom is -0.385 e. The molecule has 4 aliphatic carbocycles. The number of methoxy groups -OCH3 is 1. The Kier molecular flexibility index (Phi) is 4.16. The van der Waals surface area contributed by atoms with E-state index < -0.39 is 0 Å². The van der Waals surface area contributed by atoms with Crippen LogP contribution in [0.4, 0.5) is 0 Å². The molecule has 1 N–H and O–H groups in total. The number of carbonyl (C=O) groups excluding carboxylic acids is 1. The van der Waals surface area contributed by atoms with Crippen LogP contribution in [0.2, 0.25) is 0 Å². The van der Waals surface area contributed by atoms with E-state index in [-0.39, 0.29) is 10.8 Å². The van der Waals surface area contributed by atoms with Gasteiger partial charge < -0.3 is 10.1 Å².